The number of hydrogen-bond acceptors (Lipinski definition) is 5. The molecule has 1 saturated heterocycles. The Labute approximate surface area is 254 Å². The summed E-state index contributed by atoms with van der Waals surface area (Å²) in [6, 6.07) is 7.02. The number of ether oxygens (including phenoxy) is 2. The molecular weight excluding hydrogens is 583 g/mol. The molecule has 3 saturated carbocycles. The number of alkyl halides is 5. The van der Waals surface area contributed by atoms with Crippen LogP contribution in [0.15, 0.2) is 35.4 Å². The predicted octanol–water partition coefficient (Wildman–Crippen LogP) is 6.25. The second-order valence-electron chi connectivity index (χ2n) is 14.8. The van der Waals surface area contributed by atoms with E-state index in [1.807, 2.05) is 13.8 Å². The van der Waals surface area contributed by atoms with Crippen LogP contribution < -0.4 is 0 Å². The van der Waals surface area contributed by atoms with E-state index in [2.05, 4.69) is 11.8 Å². The lowest BCUT2D eigenvalue weighted by molar-refractivity contribution is -0.362. The fourth-order valence-electron chi connectivity index (χ4n) is 9.25. The molecule has 0 amide bonds. The van der Waals surface area contributed by atoms with Gasteiger partial charge in [0, 0.05) is 35.2 Å². The SMILES string of the molecule is CC1(C)COC2(CCC3=C4C(CCC3(O)C2)C2CC[C@@](O)(C(F)(F)C(F)(F)F)[C@@]2(C)C[C@@H]4c2ccc(C#CCO)cc2)OC1. The van der Waals surface area contributed by atoms with Crippen LogP contribution in [-0.4, -0.2) is 64.2 Å². The van der Waals surface area contributed by atoms with Crippen LogP contribution in [0.1, 0.15) is 89.2 Å². The zero-order valence-electron chi connectivity index (χ0n) is 25.4. The highest BCUT2D eigenvalue weighted by Crippen LogP contribution is 2.71. The summed E-state index contributed by atoms with van der Waals surface area (Å²) in [6.07, 6.45) is -4.79. The quantitative estimate of drug-likeness (QED) is 0.206. The first kappa shape index (κ1) is 31.9. The molecular formula is C34H41F5O5. The van der Waals surface area contributed by atoms with Crippen LogP contribution in [0.5, 0.6) is 0 Å². The van der Waals surface area contributed by atoms with Crippen molar-refractivity contribution in [2.75, 3.05) is 19.8 Å². The number of halogens is 5. The van der Waals surface area contributed by atoms with Gasteiger partial charge in [0.2, 0.25) is 0 Å². The van der Waals surface area contributed by atoms with Gasteiger partial charge in [-0.05, 0) is 73.6 Å². The summed E-state index contributed by atoms with van der Waals surface area (Å²) in [7, 11) is 0. The van der Waals surface area contributed by atoms with E-state index in [1.54, 1.807) is 24.3 Å². The number of aliphatic hydroxyl groups is 3. The summed E-state index contributed by atoms with van der Waals surface area (Å²) < 4.78 is 84.6. The summed E-state index contributed by atoms with van der Waals surface area (Å²) >= 11 is 0. The number of aliphatic hydroxyl groups excluding tert-OH is 1. The highest BCUT2D eigenvalue weighted by molar-refractivity contribution is 5.46. The van der Waals surface area contributed by atoms with Crippen molar-refractivity contribution in [3.8, 4) is 11.8 Å². The minimum Gasteiger partial charge on any atom is -0.385 e. The molecule has 3 N–H and O–H groups in total. The van der Waals surface area contributed by atoms with Gasteiger partial charge in [0.1, 0.15) is 12.2 Å². The van der Waals surface area contributed by atoms with Gasteiger partial charge < -0.3 is 24.8 Å². The molecule has 0 radical (unpaired) electrons. The van der Waals surface area contributed by atoms with Crippen molar-refractivity contribution in [2.45, 2.75) is 107 Å². The van der Waals surface area contributed by atoms with Crippen LogP contribution in [0.2, 0.25) is 0 Å². The molecule has 6 atom stereocenters. The van der Waals surface area contributed by atoms with E-state index in [0.29, 0.717) is 50.0 Å². The number of hydrogen-bond donors (Lipinski definition) is 3. The maximum Gasteiger partial charge on any atom is 0.456 e. The van der Waals surface area contributed by atoms with E-state index in [0.717, 1.165) is 11.1 Å². The molecule has 1 aromatic carbocycles. The number of benzene rings is 1. The Bertz CT molecular complexity index is 1380. The van der Waals surface area contributed by atoms with Crippen LogP contribution >= 0.6 is 0 Å². The lowest BCUT2D eigenvalue weighted by atomic mass is 9.49. The fraction of sp³-hybridized carbons (Fsp3) is 0.706. The first-order chi connectivity index (χ1) is 20.4. The van der Waals surface area contributed by atoms with Crippen molar-refractivity contribution in [1.29, 1.82) is 0 Å². The minimum atomic E-state index is -5.90. The summed E-state index contributed by atoms with van der Waals surface area (Å²) in [5.41, 5.74) is -3.41. The van der Waals surface area contributed by atoms with Crippen LogP contribution in [0.4, 0.5) is 22.0 Å². The molecule has 1 heterocycles. The van der Waals surface area contributed by atoms with Gasteiger partial charge in [0.15, 0.2) is 5.79 Å². The zero-order valence-corrected chi connectivity index (χ0v) is 25.4. The molecule has 242 valence electrons. The summed E-state index contributed by atoms with van der Waals surface area (Å²) in [6.45, 7) is 6.15. The highest BCUT2D eigenvalue weighted by Gasteiger charge is 2.79. The normalized spacial score (nSPS) is 37.9. The Hall–Kier alpha value is -2.03. The molecule has 10 heteroatoms. The third-order valence-corrected chi connectivity index (χ3v) is 11.5. The largest absolute Gasteiger partial charge is 0.456 e. The van der Waals surface area contributed by atoms with E-state index in [9.17, 15) is 23.4 Å². The molecule has 3 unspecified atom stereocenters. The van der Waals surface area contributed by atoms with E-state index in [-0.39, 0.29) is 37.2 Å². The van der Waals surface area contributed by atoms with Crippen molar-refractivity contribution >= 4 is 0 Å². The lowest BCUT2D eigenvalue weighted by Crippen LogP contribution is -2.65. The molecule has 6 rings (SSSR count). The molecule has 1 aromatic rings. The Morgan fingerprint density at radius 1 is 0.932 bits per heavy atom. The van der Waals surface area contributed by atoms with Gasteiger partial charge in [-0.3, -0.25) is 0 Å². The van der Waals surface area contributed by atoms with Crippen molar-refractivity contribution in [2.24, 2.45) is 22.7 Å². The molecule has 4 fully saturated rings. The van der Waals surface area contributed by atoms with Crippen LogP contribution in [0.25, 0.3) is 0 Å². The minimum absolute atomic E-state index is 0.0339. The van der Waals surface area contributed by atoms with Gasteiger partial charge in [0.25, 0.3) is 0 Å². The molecule has 5 nitrogen and oxygen atoms in total. The lowest BCUT2D eigenvalue weighted by Gasteiger charge is -2.59. The Morgan fingerprint density at radius 3 is 2.20 bits per heavy atom. The third-order valence-electron chi connectivity index (χ3n) is 11.5. The smallest absolute Gasteiger partial charge is 0.385 e. The molecule has 1 spiro atoms. The molecule has 44 heavy (non-hydrogen) atoms. The number of allylic oxidation sites excluding steroid dienone is 1. The number of fused-ring (bicyclic) bond motifs is 4. The average molecular weight is 625 g/mol. The van der Waals surface area contributed by atoms with E-state index in [1.165, 1.54) is 6.92 Å². The second kappa shape index (κ2) is 10.2. The van der Waals surface area contributed by atoms with Crippen molar-refractivity contribution < 1.29 is 46.7 Å². The van der Waals surface area contributed by atoms with Crippen LogP contribution in [-0.2, 0) is 9.47 Å². The highest BCUT2D eigenvalue weighted by atomic mass is 19.4. The average Bonchev–Trinajstić information content (AvgIpc) is 3.24. The van der Waals surface area contributed by atoms with Crippen LogP contribution in [0, 0.1) is 34.5 Å². The molecule has 1 aliphatic heterocycles. The van der Waals surface area contributed by atoms with Gasteiger partial charge in [0.05, 0.1) is 18.8 Å². The fourth-order valence-corrected chi connectivity index (χ4v) is 9.25. The third kappa shape index (κ3) is 4.67. The van der Waals surface area contributed by atoms with Gasteiger partial charge in [-0.1, -0.05) is 50.3 Å². The van der Waals surface area contributed by atoms with Crippen LogP contribution in [0.3, 0.4) is 0 Å². The Balaban J connectivity index is 1.45. The van der Waals surface area contributed by atoms with E-state index in [4.69, 9.17) is 14.6 Å². The van der Waals surface area contributed by atoms with E-state index < -0.39 is 52.8 Å². The maximum atomic E-state index is 15.3. The zero-order chi connectivity index (χ0) is 32.0. The number of rotatable bonds is 2. The topological polar surface area (TPSA) is 79.2 Å². The molecule has 0 bridgehead atoms. The second-order valence-corrected chi connectivity index (χ2v) is 14.8. The van der Waals surface area contributed by atoms with Crippen molar-refractivity contribution in [3.63, 3.8) is 0 Å². The van der Waals surface area contributed by atoms with Gasteiger partial charge in [-0.2, -0.15) is 22.0 Å². The first-order valence-electron chi connectivity index (χ1n) is 15.5. The monoisotopic (exact) mass is 624 g/mol. The molecule has 4 aliphatic carbocycles. The van der Waals surface area contributed by atoms with Gasteiger partial charge >= 0.3 is 12.1 Å². The first-order valence-corrected chi connectivity index (χ1v) is 15.5. The Morgan fingerprint density at radius 2 is 1.59 bits per heavy atom. The van der Waals surface area contributed by atoms with Gasteiger partial charge in [-0.25, -0.2) is 0 Å². The predicted molar refractivity (Wildman–Crippen MR) is 152 cm³/mol. The van der Waals surface area contributed by atoms with E-state index >= 15 is 8.78 Å². The summed E-state index contributed by atoms with van der Waals surface area (Å²) in [5.74, 6) is -2.41. The van der Waals surface area contributed by atoms with Crippen molar-refractivity contribution in [3.05, 3.63) is 46.5 Å². The van der Waals surface area contributed by atoms with Gasteiger partial charge in [-0.15, -0.1) is 0 Å². The van der Waals surface area contributed by atoms with Crippen molar-refractivity contribution in [1.82, 2.24) is 0 Å². The standard InChI is InChI=1S/C34H41F5O5/c1-28(2)19-43-31(44-20-28)14-11-26-27-23(10-13-30(26,41)18-31)25-12-15-32(42,33(35,36)34(37,38)39)29(25,3)17-24(27)22-8-6-21(7-9-22)5-4-16-40/h6-9,23-25,40-42H,10-20H2,1-3H3/t23?,24-,25?,29+,30?,32+/m1/s1. The maximum absolute atomic E-state index is 15.3. The Kier molecular flexibility index (Phi) is 7.43. The summed E-state index contributed by atoms with van der Waals surface area (Å²) in [5, 5.41) is 32.8. The molecule has 0 aromatic heterocycles. The summed E-state index contributed by atoms with van der Waals surface area (Å²) in [4.78, 5) is 0. The molecule has 5 aliphatic rings.